The molecule has 1 amide bonds. The highest BCUT2D eigenvalue weighted by atomic mass is 79.9. The van der Waals surface area contributed by atoms with E-state index in [0.717, 1.165) is 15.6 Å². The van der Waals surface area contributed by atoms with Gasteiger partial charge in [0.15, 0.2) is 11.5 Å². The van der Waals surface area contributed by atoms with E-state index in [2.05, 4.69) is 33.0 Å². The van der Waals surface area contributed by atoms with Crippen LogP contribution in [0.2, 0.25) is 5.02 Å². The summed E-state index contributed by atoms with van der Waals surface area (Å²) in [7, 11) is 0. The molecule has 0 radical (unpaired) electrons. The molecule has 6 nitrogen and oxygen atoms in total. The summed E-state index contributed by atoms with van der Waals surface area (Å²) < 4.78 is 17.8. The molecule has 0 aliphatic heterocycles. The molecule has 0 atom stereocenters. The number of halogens is 2. The molecule has 1 N–H and O–H groups in total. The molecule has 0 aliphatic rings. The van der Waals surface area contributed by atoms with E-state index in [0.29, 0.717) is 47.7 Å². The van der Waals surface area contributed by atoms with Crippen LogP contribution in [0.4, 0.5) is 0 Å². The van der Waals surface area contributed by atoms with Crippen molar-refractivity contribution in [3.63, 3.8) is 0 Å². The van der Waals surface area contributed by atoms with Crippen LogP contribution in [0.1, 0.15) is 28.4 Å². The average molecular weight is 544 g/mol. The first-order valence-electron chi connectivity index (χ1n) is 10.5. The van der Waals surface area contributed by atoms with Crippen molar-refractivity contribution in [1.82, 2.24) is 5.43 Å². The molecule has 0 spiro atoms. The Morgan fingerprint density at radius 2 is 1.79 bits per heavy atom. The van der Waals surface area contributed by atoms with Gasteiger partial charge in [-0.05, 0) is 82.5 Å². The molecule has 0 saturated heterocycles. The van der Waals surface area contributed by atoms with Crippen LogP contribution >= 0.6 is 27.5 Å². The van der Waals surface area contributed by atoms with Crippen molar-refractivity contribution in [1.29, 1.82) is 0 Å². The van der Waals surface area contributed by atoms with Crippen LogP contribution in [0.25, 0.3) is 0 Å². The van der Waals surface area contributed by atoms with E-state index in [1.165, 1.54) is 0 Å². The second-order valence-electron chi connectivity index (χ2n) is 7.00. The Bertz CT molecular complexity index is 1170. The van der Waals surface area contributed by atoms with Gasteiger partial charge in [0.1, 0.15) is 19.0 Å². The van der Waals surface area contributed by atoms with Gasteiger partial charge in [-0.1, -0.05) is 36.4 Å². The highest BCUT2D eigenvalue weighted by Crippen LogP contribution is 2.29. The van der Waals surface area contributed by atoms with Crippen molar-refractivity contribution in [3.05, 3.63) is 99.5 Å². The Kier molecular flexibility index (Phi) is 9.55. The molecule has 0 aliphatic carbocycles. The molecule has 3 rings (SSSR count). The molecule has 8 heteroatoms. The Morgan fingerprint density at radius 1 is 1.03 bits per heavy atom. The first-order chi connectivity index (χ1) is 16.5. The fourth-order valence-corrected chi connectivity index (χ4v) is 3.51. The van der Waals surface area contributed by atoms with E-state index in [9.17, 15) is 4.79 Å². The SMILES string of the molecule is C=CCOc1ccc(C(=O)N/N=C/c2ccc(OCc3ccc(Cl)cc3)c(Br)c2)cc1OCC. The predicted octanol–water partition coefficient (Wildman–Crippen LogP) is 6.41. The van der Waals surface area contributed by atoms with E-state index in [4.69, 9.17) is 25.8 Å². The van der Waals surface area contributed by atoms with Gasteiger partial charge in [-0.3, -0.25) is 4.79 Å². The number of carbonyl (C=O) groups is 1. The molecule has 0 fully saturated rings. The Balaban J connectivity index is 1.59. The normalized spacial score (nSPS) is 10.7. The zero-order chi connectivity index (χ0) is 24.3. The number of hydrogen-bond donors (Lipinski definition) is 1. The van der Waals surface area contributed by atoms with Crippen LogP contribution in [0.3, 0.4) is 0 Å². The molecular weight excluding hydrogens is 520 g/mol. The van der Waals surface area contributed by atoms with Gasteiger partial charge < -0.3 is 14.2 Å². The topological polar surface area (TPSA) is 69.2 Å². The number of hydrogen-bond acceptors (Lipinski definition) is 5. The number of carbonyl (C=O) groups excluding carboxylic acids is 1. The average Bonchev–Trinajstić information content (AvgIpc) is 2.84. The van der Waals surface area contributed by atoms with Crippen molar-refractivity contribution in [2.75, 3.05) is 13.2 Å². The summed E-state index contributed by atoms with van der Waals surface area (Å²) in [6.07, 6.45) is 3.19. The van der Waals surface area contributed by atoms with E-state index >= 15 is 0 Å². The van der Waals surface area contributed by atoms with Gasteiger partial charge in [-0.25, -0.2) is 5.43 Å². The van der Waals surface area contributed by atoms with Crippen LogP contribution in [0, 0.1) is 0 Å². The molecule has 176 valence electrons. The highest BCUT2D eigenvalue weighted by Gasteiger charge is 2.11. The minimum absolute atomic E-state index is 0.344. The summed E-state index contributed by atoms with van der Waals surface area (Å²) in [6.45, 7) is 6.70. The molecule has 3 aromatic carbocycles. The molecular formula is C26H24BrClN2O4. The van der Waals surface area contributed by atoms with Gasteiger partial charge >= 0.3 is 0 Å². The lowest BCUT2D eigenvalue weighted by molar-refractivity contribution is 0.0954. The van der Waals surface area contributed by atoms with Crippen molar-refractivity contribution < 1.29 is 19.0 Å². The Labute approximate surface area is 212 Å². The van der Waals surface area contributed by atoms with Gasteiger partial charge in [0.2, 0.25) is 0 Å². The third kappa shape index (κ3) is 7.37. The number of nitrogens with one attached hydrogen (secondary N) is 1. The van der Waals surface area contributed by atoms with Gasteiger partial charge in [0.05, 0.1) is 17.3 Å². The maximum atomic E-state index is 12.5. The smallest absolute Gasteiger partial charge is 0.271 e. The second kappa shape index (κ2) is 12.8. The first kappa shape index (κ1) is 25.3. The lowest BCUT2D eigenvalue weighted by atomic mass is 10.2. The minimum atomic E-state index is -0.366. The van der Waals surface area contributed by atoms with Crippen molar-refractivity contribution >= 4 is 39.7 Å². The summed E-state index contributed by atoms with van der Waals surface area (Å²) >= 11 is 9.42. The monoisotopic (exact) mass is 542 g/mol. The molecule has 34 heavy (non-hydrogen) atoms. The first-order valence-corrected chi connectivity index (χ1v) is 11.7. The molecule has 0 heterocycles. The largest absolute Gasteiger partial charge is 0.490 e. The number of hydrazone groups is 1. The van der Waals surface area contributed by atoms with Gasteiger partial charge in [-0.2, -0.15) is 5.10 Å². The van der Waals surface area contributed by atoms with Crippen molar-refractivity contribution in [3.8, 4) is 17.2 Å². The maximum absolute atomic E-state index is 12.5. The lowest BCUT2D eigenvalue weighted by Crippen LogP contribution is -2.17. The van der Waals surface area contributed by atoms with Crippen LogP contribution in [-0.2, 0) is 6.61 Å². The van der Waals surface area contributed by atoms with Crippen LogP contribution in [-0.4, -0.2) is 25.3 Å². The molecule has 0 unspecified atom stereocenters. The van der Waals surface area contributed by atoms with Crippen LogP contribution < -0.4 is 19.6 Å². The number of ether oxygens (including phenoxy) is 3. The van der Waals surface area contributed by atoms with E-state index in [-0.39, 0.29) is 5.91 Å². The fraction of sp³-hybridized carbons (Fsp3) is 0.154. The molecule has 3 aromatic rings. The van der Waals surface area contributed by atoms with E-state index in [1.807, 2.05) is 49.4 Å². The molecule has 0 aromatic heterocycles. The number of benzene rings is 3. The Hall–Kier alpha value is -3.29. The van der Waals surface area contributed by atoms with Crippen LogP contribution in [0.5, 0.6) is 17.2 Å². The van der Waals surface area contributed by atoms with Gasteiger partial charge in [0, 0.05) is 10.6 Å². The summed E-state index contributed by atoms with van der Waals surface area (Å²) in [5.41, 5.74) is 4.72. The van der Waals surface area contributed by atoms with Gasteiger partial charge in [-0.15, -0.1) is 0 Å². The predicted molar refractivity (Wildman–Crippen MR) is 138 cm³/mol. The van der Waals surface area contributed by atoms with Crippen LogP contribution in [0.15, 0.2) is 82.9 Å². The number of amides is 1. The quantitative estimate of drug-likeness (QED) is 0.172. The van der Waals surface area contributed by atoms with E-state index in [1.54, 1.807) is 30.5 Å². The second-order valence-corrected chi connectivity index (χ2v) is 8.29. The third-order valence-electron chi connectivity index (χ3n) is 4.51. The standard InChI is InChI=1S/C26H24BrClN2O4/c1-3-13-33-24-12-8-20(15-25(24)32-4-2)26(31)30-29-16-19-7-11-23(22(27)14-19)34-17-18-5-9-21(28)10-6-18/h3,5-12,14-16H,1,4,13,17H2,2H3,(H,30,31)/b29-16+. The van der Waals surface area contributed by atoms with Gasteiger partial charge in [0.25, 0.3) is 5.91 Å². The summed E-state index contributed by atoms with van der Waals surface area (Å²) in [5.74, 6) is 1.36. The lowest BCUT2D eigenvalue weighted by Gasteiger charge is -2.12. The minimum Gasteiger partial charge on any atom is -0.490 e. The number of rotatable bonds is 11. The molecule has 0 bridgehead atoms. The Morgan fingerprint density at radius 3 is 2.50 bits per heavy atom. The fourth-order valence-electron chi connectivity index (χ4n) is 2.87. The third-order valence-corrected chi connectivity index (χ3v) is 5.38. The van der Waals surface area contributed by atoms with E-state index < -0.39 is 0 Å². The summed E-state index contributed by atoms with van der Waals surface area (Å²) in [5, 5.41) is 4.74. The summed E-state index contributed by atoms with van der Waals surface area (Å²) in [6, 6.07) is 18.0. The zero-order valence-electron chi connectivity index (χ0n) is 18.6. The summed E-state index contributed by atoms with van der Waals surface area (Å²) in [4.78, 5) is 12.5. The highest BCUT2D eigenvalue weighted by molar-refractivity contribution is 9.10. The molecule has 0 saturated carbocycles. The zero-order valence-corrected chi connectivity index (χ0v) is 20.9. The maximum Gasteiger partial charge on any atom is 0.271 e. The number of nitrogens with zero attached hydrogens (tertiary/aromatic N) is 1. The van der Waals surface area contributed by atoms with Crippen molar-refractivity contribution in [2.24, 2.45) is 5.10 Å². The van der Waals surface area contributed by atoms with Crippen molar-refractivity contribution in [2.45, 2.75) is 13.5 Å².